The minimum Gasteiger partial charge on any atom is -0.471 e. The number of rotatable bonds is 5. The highest BCUT2D eigenvalue weighted by molar-refractivity contribution is 5.96. The van der Waals surface area contributed by atoms with Crippen molar-refractivity contribution >= 4 is 5.91 Å². The number of hydrogen-bond acceptors (Lipinski definition) is 5. The number of nitrogens with zero attached hydrogens (tertiary/aromatic N) is 1. The monoisotopic (exact) mass is 306 g/mol. The van der Waals surface area contributed by atoms with E-state index in [-0.39, 0.29) is 12.0 Å². The Morgan fingerprint density at radius 1 is 1.27 bits per heavy atom. The summed E-state index contributed by atoms with van der Waals surface area (Å²) in [4.78, 5) is 16.6. The fraction of sp³-hybridized carbons (Fsp3) is 0.625. The van der Waals surface area contributed by atoms with Gasteiger partial charge in [0.05, 0.1) is 13.2 Å². The number of carbonyl (C=O) groups is 1. The molecule has 120 valence electrons. The van der Waals surface area contributed by atoms with Crippen molar-refractivity contribution in [3.63, 3.8) is 0 Å². The standard InChI is InChI=1S/C16H22N2O4/c19-15(18-10-12-3-7-20-8-4-12)14-2-1-6-17-16(14)22-13-5-9-21-11-13/h1-2,6,12-13H,3-5,7-11H2,(H,18,19)/t13-/m1/s1. The molecule has 0 aliphatic carbocycles. The van der Waals surface area contributed by atoms with Crippen molar-refractivity contribution in [2.24, 2.45) is 5.92 Å². The lowest BCUT2D eigenvalue weighted by Crippen LogP contribution is -2.32. The second kappa shape index (κ2) is 7.56. The van der Waals surface area contributed by atoms with Gasteiger partial charge in [-0.25, -0.2) is 4.98 Å². The molecule has 1 aromatic rings. The first-order valence-corrected chi connectivity index (χ1v) is 7.88. The van der Waals surface area contributed by atoms with Crippen LogP contribution in [-0.2, 0) is 9.47 Å². The van der Waals surface area contributed by atoms with Crippen molar-refractivity contribution < 1.29 is 19.0 Å². The van der Waals surface area contributed by atoms with Crippen LogP contribution in [0.5, 0.6) is 5.88 Å². The lowest BCUT2D eigenvalue weighted by atomic mass is 10.0. The molecule has 1 amide bonds. The molecule has 1 N–H and O–H groups in total. The van der Waals surface area contributed by atoms with E-state index in [4.69, 9.17) is 14.2 Å². The molecule has 2 aliphatic heterocycles. The van der Waals surface area contributed by atoms with Gasteiger partial charge in [0.2, 0.25) is 5.88 Å². The van der Waals surface area contributed by atoms with Crippen molar-refractivity contribution in [1.29, 1.82) is 0 Å². The van der Waals surface area contributed by atoms with Crippen molar-refractivity contribution in [2.45, 2.75) is 25.4 Å². The summed E-state index contributed by atoms with van der Waals surface area (Å²) in [6.45, 7) is 3.48. The van der Waals surface area contributed by atoms with Crippen LogP contribution in [0.2, 0.25) is 0 Å². The van der Waals surface area contributed by atoms with Crippen LogP contribution in [0, 0.1) is 5.92 Å². The Morgan fingerprint density at radius 3 is 2.86 bits per heavy atom. The Morgan fingerprint density at radius 2 is 2.09 bits per heavy atom. The highest BCUT2D eigenvalue weighted by Crippen LogP contribution is 2.19. The van der Waals surface area contributed by atoms with Crippen molar-refractivity contribution in [3.8, 4) is 5.88 Å². The van der Waals surface area contributed by atoms with Gasteiger partial charge in [-0.1, -0.05) is 0 Å². The maximum absolute atomic E-state index is 12.4. The molecular formula is C16H22N2O4. The molecule has 6 nitrogen and oxygen atoms in total. The zero-order valence-corrected chi connectivity index (χ0v) is 12.6. The third kappa shape index (κ3) is 3.96. The van der Waals surface area contributed by atoms with Gasteiger partial charge in [0.15, 0.2) is 0 Å². The van der Waals surface area contributed by atoms with Crippen LogP contribution >= 0.6 is 0 Å². The minimum absolute atomic E-state index is 0.0167. The first kappa shape index (κ1) is 15.2. The zero-order chi connectivity index (χ0) is 15.2. The van der Waals surface area contributed by atoms with E-state index in [0.717, 1.165) is 32.5 Å². The van der Waals surface area contributed by atoms with Crippen molar-refractivity contribution in [1.82, 2.24) is 10.3 Å². The normalized spacial score (nSPS) is 22.5. The Labute approximate surface area is 130 Å². The number of ether oxygens (including phenoxy) is 3. The molecule has 0 bridgehead atoms. The van der Waals surface area contributed by atoms with Crippen LogP contribution < -0.4 is 10.1 Å². The lowest BCUT2D eigenvalue weighted by molar-refractivity contribution is 0.0641. The zero-order valence-electron chi connectivity index (χ0n) is 12.6. The largest absolute Gasteiger partial charge is 0.471 e. The molecule has 3 rings (SSSR count). The number of aromatic nitrogens is 1. The summed E-state index contributed by atoms with van der Waals surface area (Å²) in [6, 6.07) is 3.50. The topological polar surface area (TPSA) is 69.7 Å². The lowest BCUT2D eigenvalue weighted by Gasteiger charge is -2.22. The first-order valence-electron chi connectivity index (χ1n) is 7.88. The maximum atomic E-state index is 12.4. The molecule has 1 atom stereocenters. The summed E-state index contributed by atoms with van der Waals surface area (Å²) >= 11 is 0. The van der Waals surface area contributed by atoms with Crippen LogP contribution in [0.1, 0.15) is 29.6 Å². The van der Waals surface area contributed by atoms with Gasteiger partial charge >= 0.3 is 0 Å². The van der Waals surface area contributed by atoms with Crippen molar-refractivity contribution in [2.75, 3.05) is 33.0 Å². The molecule has 0 radical (unpaired) electrons. The Hall–Kier alpha value is -1.66. The van der Waals surface area contributed by atoms with Crippen LogP contribution in [0.4, 0.5) is 0 Å². The number of hydrogen-bond donors (Lipinski definition) is 1. The Balaban J connectivity index is 1.58. The van der Waals surface area contributed by atoms with E-state index in [1.165, 1.54) is 0 Å². The SMILES string of the molecule is O=C(NCC1CCOCC1)c1cccnc1O[C@@H]1CCOC1. The molecular weight excluding hydrogens is 284 g/mol. The summed E-state index contributed by atoms with van der Waals surface area (Å²) in [5, 5.41) is 2.99. The number of amides is 1. The second-order valence-electron chi connectivity index (χ2n) is 5.73. The molecule has 0 aromatic carbocycles. The van der Waals surface area contributed by atoms with E-state index in [0.29, 0.717) is 37.1 Å². The van der Waals surface area contributed by atoms with E-state index in [2.05, 4.69) is 10.3 Å². The number of nitrogens with one attached hydrogen (secondary N) is 1. The number of pyridine rings is 1. The third-order valence-corrected chi connectivity index (χ3v) is 4.07. The van der Waals surface area contributed by atoms with E-state index >= 15 is 0 Å². The van der Waals surface area contributed by atoms with Gasteiger partial charge in [0.1, 0.15) is 11.7 Å². The average Bonchev–Trinajstić information content (AvgIpc) is 3.07. The van der Waals surface area contributed by atoms with Gasteiger partial charge < -0.3 is 19.5 Å². The Kier molecular flexibility index (Phi) is 5.24. The highest BCUT2D eigenvalue weighted by Gasteiger charge is 2.22. The summed E-state index contributed by atoms with van der Waals surface area (Å²) in [5.41, 5.74) is 0.487. The third-order valence-electron chi connectivity index (χ3n) is 4.07. The molecule has 3 heterocycles. The van der Waals surface area contributed by atoms with E-state index in [9.17, 15) is 4.79 Å². The smallest absolute Gasteiger partial charge is 0.256 e. The van der Waals surface area contributed by atoms with Gasteiger partial charge in [-0.15, -0.1) is 0 Å². The Bertz CT molecular complexity index is 497. The summed E-state index contributed by atoms with van der Waals surface area (Å²) in [5.74, 6) is 0.748. The fourth-order valence-corrected chi connectivity index (χ4v) is 2.70. The molecule has 2 aliphatic rings. The molecule has 6 heteroatoms. The van der Waals surface area contributed by atoms with Crippen LogP contribution in [0.25, 0.3) is 0 Å². The molecule has 0 spiro atoms. The molecule has 2 fully saturated rings. The minimum atomic E-state index is -0.131. The predicted molar refractivity (Wildman–Crippen MR) is 80.0 cm³/mol. The van der Waals surface area contributed by atoms with Gasteiger partial charge in [-0.3, -0.25) is 4.79 Å². The molecule has 0 unspecified atom stereocenters. The number of carbonyl (C=O) groups excluding carboxylic acids is 1. The van der Waals surface area contributed by atoms with Crippen molar-refractivity contribution in [3.05, 3.63) is 23.9 Å². The highest BCUT2D eigenvalue weighted by atomic mass is 16.5. The van der Waals surface area contributed by atoms with E-state index in [1.807, 2.05) is 0 Å². The fourth-order valence-electron chi connectivity index (χ4n) is 2.70. The first-order chi connectivity index (χ1) is 10.8. The molecule has 2 saturated heterocycles. The maximum Gasteiger partial charge on any atom is 0.256 e. The van der Waals surface area contributed by atoms with Gasteiger partial charge in [-0.2, -0.15) is 0 Å². The van der Waals surface area contributed by atoms with E-state index in [1.54, 1.807) is 18.3 Å². The predicted octanol–water partition coefficient (Wildman–Crippen LogP) is 1.41. The molecule has 1 aromatic heterocycles. The van der Waals surface area contributed by atoms with Crippen LogP contribution in [0.3, 0.4) is 0 Å². The second-order valence-corrected chi connectivity index (χ2v) is 5.73. The average molecular weight is 306 g/mol. The summed E-state index contributed by atoms with van der Waals surface area (Å²) in [7, 11) is 0. The summed E-state index contributed by atoms with van der Waals surface area (Å²) < 4.78 is 16.4. The quantitative estimate of drug-likeness (QED) is 0.890. The van der Waals surface area contributed by atoms with Gasteiger partial charge in [-0.05, 0) is 30.9 Å². The van der Waals surface area contributed by atoms with Crippen LogP contribution in [0.15, 0.2) is 18.3 Å². The van der Waals surface area contributed by atoms with E-state index < -0.39 is 0 Å². The van der Waals surface area contributed by atoms with Crippen LogP contribution in [-0.4, -0.2) is 50.0 Å². The summed E-state index contributed by atoms with van der Waals surface area (Å²) in [6.07, 6.45) is 4.45. The molecule has 0 saturated carbocycles. The van der Waals surface area contributed by atoms with Gasteiger partial charge in [0.25, 0.3) is 5.91 Å². The van der Waals surface area contributed by atoms with Gasteiger partial charge in [0, 0.05) is 32.4 Å². The molecule has 22 heavy (non-hydrogen) atoms.